The number of hydrogen-bond acceptors (Lipinski definition) is 6. The molecule has 2 aliphatic heterocycles. The largest absolute Gasteiger partial charge is 0.482 e. The Bertz CT molecular complexity index is 776. The first-order valence-electron chi connectivity index (χ1n) is 8.51. The number of ether oxygens (including phenoxy) is 2. The molecule has 0 radical (unpaired) electrons. The van der Waals surface area contributed by atoms with Gasteiger partial charge in [0.25, 0.3) is 5.91 Å². The van der Waals surface area contributed by atoms with Gasteiger partial charge in [-0.1, -0.05) is 12.1 Å². The average Bonchev–Trinajstić information content (AvgIpc) is 3.16. The summed E-state index contributed by atoms with van der Waals surface area (Å²) in [4.78, 5) is 23.3. The summed E-state index contributed by atoms with van der Waals surface area (Å²) in [7, 11) is 0. The number of nitrogens with zero attached hydrogens (tertiary/aromatic N) is 3. The Labute approximate surface area is 146 Å². The number of hydrogen-bond donors (Lipinski definition) is 1. The molecule has 0 unspecified atom stereocenters. The van der Waals surface area contributed by atoms with E-state index in [1.54, 1.807) is 12.1 Å². The lowest BCUT2D eigenvalue weighted by Gasteiger charge is -2.30. The van der Waals surface area contributed by atoms with Crippen LogP contribution in [-0.2, 0) is 4.79 Å². The van der Waals surface area contributed by atoms with Gasteiger partial charge in [-0.25, -0.2) is 9.97 Å². The summed E-state index contributed by atoms with van der Waals surface area (Å²) >= 11 is 0. The number of amides is 1. The summed E-state index contributed by atoms with van der Waals surface area (Å²) < 4.78 is 11.6. The van der Waals surface area contributed by atoms with Gasteiger partial charge in [0.15, 0.2) is 11.5 Å². The van der Waals surface area contributed by atoms with Crippen LogP contribution in [0.1, 0.15) is 19.8 Å². The molecular formula is C18H20N4O3. The molecule has 7 nitrogen and oxygen atoms in total. The van der Waals surface area contributed by atoms with Crippen molar-refractivity contribution in [1.29, 1.82) is 0 Å². The van der Waals surface area contributed by atoms with Gasteiger partial charge in [-0.3, -0.25) is 4.79 Å². The lowest BCUT2D eigenvalue weighted by atomic mass is 10.1. The molecule has 0 aliphatic carbocycles. The molecule has 130 valence electrons. The molecule has 1 saturated heterocycles. The fourth-order valence-electron chi connectivity index (χ4n) is 3.14. The second-order valence-electron chi connectivity index (χ2n) is 6.25. The molecule has 1 amide bonds. The van der Waals surface area contributed by atoms with Crippen LogP contribution < -0.4 is 19.7 Å². The van der Waals surface area contributed by atoms with Crippen LogP contribution in [0.25, 0.3) is 0 Å². The van der Waals surface area contributed by atoms with Gasteiger partial charge in [-0.05, 0) is 31.9 Å². The third-order valence-electron chi connectivity index (χ3n) is 4.43. The van der Waals surface area contributed by atoms with Crippen LogP contribution in [0.4, 0.5) is 11.6 Å². The molecule has 1 aromatic heterocycles. The second kappa shape index (κ2) is 6.58. The van der Waals surface area contributed by atoms with Gasteiger partial charge in [-0.2, -0.15) is 0 Å². The number of para-hydroxylation sites is 2. The maximum absolute atomic E-state index is 12.6. The Balaban J connectivity index is 1.48. The van der Waals surface area contributed by atoms with E-state index in [9.17, 15) is 4.79 Å². The summed E-state index contributed by atoms with van der Waals surface area (Å²) in [5, 5.41) is 2.82. The van der Waals surface area contributed by atoms with Crippen LogP contribution in [0.2, 0.25) is 0 Å². The normalized spacial score (nSPS) is 21.9. The first kappa shape index (κ1) is 15.7. The fraction of sp³-hybridized carbons (Fsp3) is 0.389. The van der Waals surface area contributed by atoms with Crippen LogP contribution >= 0.6 is 0 Å². The van der Waals surface area contributed by atoms with Crippen molar-refractivity contribution in [2.75, 3.05) is 23.3 Å². The maximum atomic E-state index is 12.6. The lowest BCUT2D eigenvalue weighted by Crippen LogP contribution is -2.46. The quantitative estimate of drug-likeness (QED) is 0.923. The van der Waals surface area contributed by atoms with Crippen LogP contribution in [0, 0.1) is 0 Å². The van der Waals surface area contributed by atoms with Gasteiger partial charge in [0.05, 0.1) is 0 Å². The highest BCUT2D eigenvalue weighted by Crippen LogP contribution is 2.33. The van der Waals surface area contributed by atoms with E-state index >= 15 is 0 Å². The molecule has 2 atom stereocenters. The monoisotopic (exact) mass is 340 g/mol. The van der Waals surface area contributed by atoms with Crippen LogP contribution in [-0.4, -0.2) is 41.2 Å². The second-order valence-corrected chi connectivity index (χ2v) is 6.25. The number of nitrogens with one attached hydrogen (secondary N) is 1. The van der Waals surface area contributed by atoms with Crippen LogP contribution in [0.5, 0.6) is 11.5 Å². The predicted octanol–water partition coefficient (Wildman–Crippen LogP) is 2.24. The summed E-state index contributed by atoms with van der Waals surface area (Å²) in [5.41, 5.74) is 0. The van der Waals surface area contributed by atoms with E-state index in [4.69, 9.17) is 9.47 Å². The zero-order valence-corrected chi connectivity index (χ0v) is 14.0. The van der Waals surface area contributed by atoms with E-state index in [1.807, 2.05) is 25.1 Å². The first-order chi connectivity index (χ1) is 12.2. The smallest absolute Gasteiger partial charge is 0.270 e. The van der Waals surface area contributed by atoms with Crippen molar-refractivity contribution in [1.82, 2.24) is 9.97 Å². The highest BCUT2D eigenvalue weighted by molar-refractivity contribution is 5.94. The number of benzene rings is 1. The van der Waals surface area contributed by atoms with Gasteiger partial charge in [0.1, 0.15) is 24.1 Å². The maximum Gasteiger partial charge on any atom is 0.270 e. The minimum absolute atomic E-state index is 0.284. The van der Waals surface area contributed by atoms with E-state index in [1.165, 1.54) is 6.33 Å². The number of carbonyl (C=O) groups excluding carboxylic acids is 1. The predicted molar refractivity (Wildman–Crippen MR) is 93.1 cm³/mol. The van der Waals surface area contributed by atoms with E-state index in [0.29, 0.717) is 17.3 Å². The number of anilines is 2. The van der Waals surface area contributed by atoms with Crippen molar-refractivity contribution >= 4 is 17.5 Å². The molecule has 1 N–H and O–H groups in total. The van der Waals surface area contributed by atoms with Gasteiger partial charge >= 0.3 is 0 Å². The van der Waals surface area contributed by atoms with Crippen molar-refractivity contribution in [2.45, 2.75) is 32.0 Å². The van der Waals surface area contributed by atoms with Crippen molar-refractivity contribution in [3.05, 3.63) is 36.7 Å². The minimum Gasteiger partial charge on any atom is -0.482 e. The van der Waals surface area contributed by atoms with Gasteiger partial charge in [0, 0.05) is 19.2 Å². The molecule has 0 bridgehead atoms. The molecule has 25 heavy (non-hydrogen) atoms. The van der Waals surface area contributed by atoms with Crippen molar-refractivity contribution in [2.24, 2.45) is 0 Å². The summed E-state index contributed by atoms with van der Waals surface area (Å²) in [6, 6.07) is 9.13. The number of carbonyl (C=O) groups is 1. The summed E-state index contributed by atoms with van der Waals surface area (Å²) in [5.74, 6) is 2.24. The first-order valence-corrected chi connectivity index (χ1v) is 8.51. The number of aromatic nitrogens is 2. The van der Waals surface area contributed by atoms with E-state index in [0.717, 1.165) is 31.7 Å². The number of rotatable bonds is 3. The van der Waals surface area contributed by atoms with Gasteiger partial charge < -0.3 is 19.7 Å². The average molecular weight is 340 g/mol. The Kier molecular flexibility index (Phi) is 4.13. The molecule has 1 fully saturated rings. The van der Waals surface area contributed by atoms with Gasteiger partial charge in [-0.15, -0.1) is 0 Å². The Morgan fingerprint density at radius 2 is 1.88 bits per heavy atom. The lowest BCUT2D eigenvalue weighted by molar-refractivity contribution is -0.128. The standard InChI is InChI=1S/C18H20N4O3/c1-12-17(25-14-7-3-2-6-13(14)24-12)18(23)21-15-10-16(20-11-19-15)22-8-4-5-9-22/h2-3,6-7,10-12,17H,4-5,8-9H2,1H3,(H,19,20,21,23)/t12-,17-/m1/s1. The molecule has 2 aromatic rings. The van der Waals surface area contributed by atoms with Crippen LogP contribution in [0.15, 0.2) is 36.7 Å². The third kappa shape index (κ3) is 3.22. The fourth-order valence-corrected chi connectivity index (χ4v) is 3.14. The topological polar surface area (TPSA) is 76.6 Å². The Hall–Kier alpha value is -2.83. The highest BCUT2D eigenvalue weighted by Gasteiger charge is 2.34. The van der Waals surface area contributed by atoms with Gasteiger partial charge in [0.2, 0.25) is 6.10 Å². The van der Waals surface area contributed by atoms with Crippen molar-refractivity contribution < 1.29 is 14.3 Å². The Morgan fingerprint density at radius 3 is 2.64 bits per heavy atom. The zero-order chi connectivity index (χ0) is 17.2. The molecule has 2 aliphatic rings. The molecule has 0 spiro atoms. The molecule has 4 rings (SSSR count). The molecule has 0 saturated carbocycles. The molecule has 7 heteroatoms. The number of fused-ring (bicyclic) bond motifs is 1. The molecule has 3 heterocycles. The van der Waals surface area contributed by atoms with Crippen molar-refractivity contribution in [3.63, 3.8) is 0 Å². The zero-order valence-electron chi connectivity index (χ0n) is 14.0. The van der Waals surface area contributed by atoms with E-state index in [2.05, 4.69) is 20.2 Å². The molecule has 1 aromatic carbocycles. The summed E-state index contributed by atoms with van der Waals surface area (Å²) in [6.45, 7) is 3.78. The van der Waals surface area contributed by atoms with E-state index in [-0.39, 0.29) is 5.91 Å². The third-order valence-corrected chi connectivity index (χ3v) is 4.43. The van der Waals surface area contributed by atoms with E-state index < -0.39 is 12.2 Å². The van der Waals surface area contributed by atoms with Crippen LogP contribution in [0.3, 0.4) is 0 Å². The molecular weight excluding hydrogens is 320 g/mol. The summed E-state index contributed by atoms with van der Waals surface area (Å²) in [6.07, 6.45) is 2.67. The highest BCUT2D eigenvalue weighted by atomic mass is 16.6. The SMILES string of the molecule is C[C@H]1Oc2ccccc2O[C@H]1C(=O)Nc1cc(N2CCCC2)ncn1. The minimum atomic E-state index is -0.736. The van der Waals surface area contributed by atoms with Crippen molar-refractivity contribution in [3.8, 4) is 11.5 Å². The Morgan fingerprint density at radius 1 is 1.16 bits per heavy atom.